The Labute approximate surface area is 152 Å². The number of amides is 1. The van der Waals surface area contributed by atoms with Gasteiger partial charge in [0.25, 0.3) is 0 Å². The van der Waals surface area contributed by atoms with Crippen LogP contribution in [0.15, 0.2) is 48.5 Å². The lowest BCUT2D eigenvalue weighted by atomic mass is 9.98. The zero-order valence-electron chi connectivity index (χ0n) is 14.8. The summed E-state index contributed by atoms with van der Waals surface area (Å²) < 4.78 is 9.99. The minimum Gasteiger partial charge on any atom is -0.468 e. The normalized spacial score (nSPS) is 14.7. The number of fused-ring (bicyclic) bond motifs is 3. The van der Waals surface area contributed by atoms with Gasteiger partial charge >= 0.3 is 12.1 Å². The third-order valence-corrected chi connectivity index (χ3v) is 4.70. The number of nitrogens with one attached hydrogen (secondary N) is 1. The molecule has 3 N–H and O–H groups in total. The van der Waals surface area contributed by atoms with Crippen LogP contribution in [0.3, 0.4) is 0 Å². The number of methoxy groups -OCH3 is 1. The molecule has 6 heteroatoms. The number of alkyl carbamates (subject to hydrolysis) is 1. The fourth-order valence-electron chi connectivity index (χ4n) is 3.26. The summed E-state index contributed by atoms with van der Waals surface area (Å²) in [6.45, 7) is 1.84. The van der Waals surface area contributed by atoms with E-state index < -0.39 is 24.1 Å². The number of carbonyl (C=O) groups is 2. The molecule has 0 heterocycles. The molecule has 136 valence electrons. The second kappa shape index (κ2) is 7.58. The van der Waals surface area contributed by atoms with Crippen molar-refractivity contribution in [3.8, 4) is 11.1 Å². The molecule has 0 spiro atoms. The van der Waals surface area contributed by atoms with Crippen molar-refractivity contribution >= 4 is 12.1 Å². The maximum Gasteiger partial charge on any atom is 0.407 e. The monoisotopic (exact) mass is 354 g/mol. The molecule has 2 aromatic rings. The summed E-state index contributed by atoms with van der Waals surface area (Å²) >= 11 is 0. The molecule has 1 amide bonds. The lowest BCUT2D eigenvalue weighted by Crippen LogP contribution is -2.50. The Kier molecular flexibility index (Phi) is 5.23. The summed E-state index contributed by atoms with van der Waals surface area (Å²) in [5, 5.41) is 2.58. The van der Waals surface area contributed by atoms with E-state index in [0.29, 0.717) is 0 Å². The van der Waals surface area contributed by atoms with Gasteiger partial charge in [0.1, 0.15) is 12.6 Å². The maximum atomic E-state index is 12.1. The molecule has 1 aliphatic rings. The number of esters is 1. The van der Waals surface area contributed by atoms with Crippen molar-refractivity contribution in [1.82, 2.24) is 5.32 Å². The number of nitrogens with two attached hydrogens (primary N) is 1. The van der Waals surface area contributed by atoms with Crippen molar-refractivity contribution < 1.29 is 19.1 Å². The number of rotatable bonds is 5. The molecular formula is C20H22N2O4. The molecule has 0 unspecified atom stereocenters. The number of carbonyl (C=O) groups excluding carboxylic acids is 2. The van der Waals surface area contributed by atoms with Gasteiger partial charge in [0, 0.05) is 5.92 Å². The largest absolute Gasteiger partial charge is 0.468 e. The van der Waals surface area contributed by atoms with Crippen LogP contribution in [0.4, 0.5) is 4.79 Å². The summed E-state index contributed by atoms with van der Waals surface area (Å²) in [5.74, 6) is -0.603. The van der Waals surface area contributed by atoms with Gasteiger partial charge in [-0.05, 0) is 29.2 Å². The molecule has 0 radical (unpaired) electrons. The Bertz CT molecular complexity index is 775. The first kappa shape index (κ1) is 17.9. The number of hydrogen-bond donors (Lipinski definition) is 2. The second-order valence-electron chi connectivity index (χ2n) is 6.31. The highest BCUT2D eigenvalue weighted by Gasteiger charge is 2.29. The highest BCUT2D eigenvalue weighted by atomic mass is 16.5. The molecule has 1 aliphatic carbocycles. The van der Waals surface area contributed by atoms with Crippen LogP contribution in [0.5, 0.6) is 0 Å². The predicted octanol–water partition coefficient (Wildman–Crippen LogP) is 2.41. The van der Waals surface area contributed by atoms with Gasteiger partial charge in [-0.3, -0.25) is 4.79 Å². The summed E-state index contributed by atoms with van der Waals surface area (Å²) in [6, 6.07) is 14.7. The Morgan fingerprint density at radius 1 is 1.08 bits per heavy atom. The third kappa shape index (κ3) is 3.41. The van der Waals surface area contributed by atoms with E-state index in [2.05, 4.69) is 34.3 Å². The Morgan fingerprint density at radius 3 is 2.15 bits per heavy atom. The summed E-state index contributed by atoms with van der Waals surface area (Å²) in [5.41, 5.74) is 10.3. The van der Waals surface area contributed by atoms with E-state index in [1.807, 2.05) is 24.3 Å². The van der Waals surface area contributed by atoms with Gasteiger partial charge in [0.05, 0.1) is 13.2 Å². The van der Waals surface area contributed by atoms with Crippen molar-refractivity contribution in [3.05, 3.63) is 59.7 Å². The molecule has 26 heavy (non-hydrogen) atoms. The Balaban J connectivity index is 1.67. The standard InChI is InChI=1S/C20H22N2O4/c1-12(18(21)19(23)25-2)22-20(24)26-11-17-15-9-5-3-7-13(15)14-8-4-6-10-16(14)17/h3-10,12,17-18H,11,21H2,1-2H3,(H,22,24)/t12-,18+/m0/s1. The van der Waals surface area contributed by atoms with Crippen molar-refractivity contribution in [2.45, 2.75) is 24.9 Å². The van der Waals surface area contributed by atoms with E-state index in [1.54, 1.807) is 6.92 Å². The van der Waals surface area contributed by atoms with E-state index in [1.165, 1.54) is 7.11 Å². The van der Waals surface area contributed by atoms with Gasteiger partial charge < -0.3 is 20.5 Å². The van der Waals surface area contributed by atoms with E-state index >= 15 is 0 Å². The first-order valence-electron chi connectivity index (χ1n) is 8.48. The van der Waals surface area contributed by atoms with E-state index in [-0.39, 0.29) is 12.5 Å². The fraction of sp³-hybridized carbons (Fsp3) is 0.300. The topological polar surface area (TPSA) is 90.6 Å². The van der Waals surface area contributed by atoms with Crippen LogP contribution in [0, 0.1) is 0 Å². The van der Waals surface area contributed by atoms with Gasteiger partial charge in [0.15, 0.2) is 0 Å². The van der Waals surface area contributed by atoms with Crippen molar-refractivity contribution in [1.29, 1.82) is 0 Å². The summed E-state index contributed by atoms with van der Waals surface area (Å²) in [7, 11) is 1.25. The highest BCUT2D eigenvalue weighted by molar-refractivity contribution is 5.79. The average Bonchev–Trinajstić information content (AvgIpc) is 2.99. The van der Waals surface area contributed by atoms with Gasteiger partial charge in [-0.25, -0.2) is 4.79 Å². The highest BCUT2D eigenvalue weighted by Crippen LogP contribution is 2.44. The average molecular weight is 354 g/mol. The zero-order valence-corrected chi connectivity index (χ0v) is 14.8. The molecule has 3 rings (SSSR count). The third-order valence-electron chi connectivity index (χ3n) is 4.70. The quantitative estimate of drug-likeness (QED) is 0.805. The molecule has 0 bridgehead atoms. The molecule has 6 nitrogen and oxygen atoms in total. The van der Waals surface area contributed by atoms with Crippen LogP contribution in [-0.4, -0.2) is 37.9 Å². The van der Waals surface area contributed by atoms with E-state index in [9.17, 15) is 9.59 Å². The Hall–Kier alpha value is -2.86. The molecule has 2 atom stereocenters. The minimum atomic E-state index is -0.944. The number of benzene rings is 2. The molecule has 2 aromatic carbocycles. The minimum absolute atomic E-state index is 0.0160. The smallest absolute Gasteiger partial charge is 0.407 e. The number of ether oxygens (including phenoxy) is 2. The van der Waals surface area contributed by atoms with Crippen LogP contribution >= 0.6 is 0 Å². The molecular weight excluding hydrogens is 332 g/mol. The maximum absolute atomic E-state index is 12.1. The predicted molar refractivity (Wildman–Crippen MR) is 97.7 cm³/mol. The molecule has 0 aromatic heterocycles. The molecule has 0 saturated carbocycles. The molecule has 0 aliphatic heterocycles. The Morgan fingerprint density at radius 2 is 1.62 bits per heavy atom. The zero-order chi connectivity index (χ0) is 18.7. The van der Waals surface area contributed by atoms with Crippen molar-refractivity contribution in [2.75, 3.05) is 13.7 Å². The van der Waals surface area contributed by atoms with Crippen molar-refractivity contribution in [2.24, 2.45) is 5.73 Å². The number of hydrogen-bond acceptors (Lipinski definition) is 5. The van der Waals surface area contributed by atoms with Crippen molar-refractivity contribution in [3.63, 3.8) is 0 Å². The van der Waals surface area contributed by atoms with E-state index in [4.69, 9.17) is 10.5 Å². The summed E-state index contributed by atoms with van der Waals surface area (Å²) in [6.07, 6.45) is -0.612. The van der Waals surface area contributed by atoms with E-state index in [0.717, 1.165) is 22.3 Å². The first-order chi connectivity index (χ1) is 12.5. The van der Waals surface area contributed by atoms with Crippen LogP contribution in [0.2, 0.25) is 0 Å². The van der Waals surface area contributed by atoms with Crippen LogP contribution in [0.25, 0.3) is 11.1 Å². The van der Waals surface area contributed by atoms with Crippen LogP contribution in [0.1, 0.15) is 24.0 Å². The van der Waals surface area contributed by atoms with Gasteiger partial charge in [-0.2, -0.15) is 0 Å². The van der Waals surface area contributed by atoms with Gasteiger partial charge in [-0.1, -0.05) is 48.5 Å². The van der Waals surface area contributed by atoms with Gasteiger partial charge in [-0.15, -0.1) is 0 Å². The molecule has 0 fully saturated rings. The van der Waals surface area contributed by atoms with Gasteiger partial charge in [0.2, 0.25) is 0 Å². The lowest BCUT2D eigenvalue weighted by Gasteiger charge is -2.20. The fourth-order valence-corrected chi connectivity index (χ4v) is 3.26. The SMILES string of the molecule is COC(=O)[C@H](N)[C@H](C)NC(=O)OCC1c2ccccc2-c2ccccc21. The lowest BCUT2D eigenvalue weighted by molar-refractivity contribution is -0.142. The first-order valence-corrected chi connectivity index (χ1v) is 8.48. The van der Waals surface area contributed by atoms with Crippen LogP contribution < -0.4 is 11.1 Å². The van der Waals surface area contributed by atoms with Crippen LogP contribution in [-0.2, 0) is 14.3 Å². The summed E-state index contributed by atoms with van der Waals surface area (Å²) in [4.78, 5) is 23.5. The second-order valence-corrected chi connectivity index (χ2v) is 6.31. The molecule has 0 saturated heterocycles.